The number of hydrogen-bond donors (Lipinski definition) is 2. The van der Waals surface area contributed by atoms with Gasteiger partial charge in [-0.25, -0.2) is 15.0 Å². The molecule has 0 saturated heterocycles. The van der Waals surface area contributed by atoms with Gasteiger partial charge in [0.15, 0.2) is 5.82 Å². The summed E-state index contributed by atoms with van der Waals surface area (Å²) in [5.74, 6) is 0.709. The molecule has 7 heteroatoms. The summed E-state index contributed by atoms with van der Waals surface area (Å²) in [6.07, 6.45) is 8.86. The van der Waals surface area contributed by atoms with Gasteiger partial charge in [0.05, 0.1) is 42.7 Å². The molecule has 0 amide bonds. The summed E-state index contributed by atoms with van der Waals surface area (Å²) in [5, 5.41) is 7.24. The minimum atomic E-state index is -0.0451. The number of rotatable bonds is 1. The van der Waals surface area contributed by atoms with Crippen LogP contribution in [-0.4, -0.2) is 35.9 Å². The zero-order chi connectivity index (χ0) is 12.8. The lowest BCUT2D eigenvalue weighted by atomic mass is 10.0. The Balaban J connectivity index is 2.04. The SMILES string of the molecule is Cc1[nH]nc2c1C(c1cnc[nH]1)n1cncc1C=N2. The van der Waals surface area contributed by atoms with Crippen molar-refractivity contribution in [2.75, 3.05) is 0 Å². The van der Waals surface area contributed by atoms with Gasteiger partial charge in [0.1, 0.15) is 6.04 Å². The maximum Gasteiger partial charge on any atom is 0.179 e. The third kappa shape index (κ3) is 1.38. The van der Waals surface area contributed by atoms with Gasteiger partial charge in [-0.05, 0) is 6.92 Å². The van der Waals surface area contributed by atoms with Gasteiger partial charge in [0.2, 0.25) is 0 Å². The van der Waals surface area contributed by atoms with E-state index in [0.29, 0.717) is 5.82 Å². The standard InChI is InChI=1S/C12H11N7/c1-7-10-11(9-4-13-5-16-9)19-6-14-2-8(19)3-15-12(10)18-17-7/h2-6,11H,1H3,(H,13,16)(H,17,18). The smallest absolute Gasteiger partial charge is 0.179 e. The first-order valence-corrected chi connectivity index (χ1v) is 5.93. The van der Waals surface area contributed by atoms with Crippen LogP contribution in [0.4, 0.5) is 5.82 Å². The lowest BCUT2D eigenvalue weighted by Crippen LogP contribution is -2.13. The Morgan fingerprint density at radius 1 is 1.26 bits per heavy atom. The van der Waals surface area contributed by atoms with Gasteiger partial charge in [-0.2, -0.15) is 5.10 Å². The maximum atomic E-state index is 4.42. The summed E-state index contributed by atoms with van der Waals surface area (Å²) in [7, 11) is 0. The molecule has 0 spiro atoms. The van der Waals surface area contributed by atoms with Crippen LogP contribution in [0.5, 0.6) is 0 Å². The van der Waals surface area contributed by atoms with E-state index in [2.05, 4.69) is 34.7 Å². The summed E-state index contributed by atoms with van der Waals surface area (Å²) in [6, 6.07) is -0.0451. The average molecular weight is 253 g/mol. The largest absolute Gasteiger partial charge is 0.346 e. The molecule has 19 heavy (non-hydrogen) atoms. The molecule has 2 N–H and O–H groups in total. The molecular formula is C12H11N7. The third-order valence-electron chi connectivity index (χ3n) is 3.36. The summed E-state index contributed by atoms with van der Waals surface area (Å²) < 4.78 is 2.06. The van der Waals surface area contributed by atoms with Crippen LogP contribution >= 0.6 is 0 Å². The number of hydrogen-bond acceptors (Lipinski definition) is 4. The van der Waals surface area contributed by atoms with E-state index < -0.39 is 0 Å². The van der Waals surface area contributed by atoms with E-state index in [4.69, 9.17) is 0 Å². The molecule has 7 nitrogen and oxygen atoms in total. The molecule has 3 aromatic heterocycles. The number of aromatic amines is 2. The number of nitrogens with zero attached hydrogens (tertiary/aromatic N) is 5. The Kier molecular flexibility index (Phi) is 1.96. The predicted molar refractivity (Wildman–Crippen MR) is 68.6 cm³/mol. The van der Waals surface area contributed by atoms with Crippen LogP contribution in [0, 0.1) is 6.92 Å². The molecule has 94 valence electrons. The van der Waals surface area contributed by atoms with E-state index in [1.807, 2.05) is 13.1 Å². The zero-order valence-corrected chi connectivity index (χ0v) is 10.2. The molecule has 1 aliphatic rings. The third-order valence-corrected chi connectivity index (χ3v) is 3.36. The first-order chi connectivity index (χ1) is 9.34. The first kappa shape index (κ1) is 10.2. The van der Waals surface area contributed by atoms with Crippen LogP contribution in [0.2, 0.25) is 0 Å². The van der Waals surface area contributed by atoms with Gasteiger partial charge < -0.3 is 9.55 Å². The van der Waals surface area contributed by atoms with Crippen molar-refractivity contribution in [3.05, 3.63) is 47.7 Å². The highest BCUT2D eigenvalue weighted by atomic mass is 15.2. The van der Waals surface area contributed by atoms with Gasteiger partial charge in [0.25, 0.3) is 0 Å². The zero-order valence-electron chi connectivity index (χ0n) is 10.2. The van der Waals surface area contributed by atoms with Crippen molar-refractivity contribution >= 4 is 12.0 Å². The van der Waals surface area contributed by atoms with Gasteiger partial charge in [-0.15, -0.1) is 0 Å². The monoisotopic (exact) mass is 253 g/mol. The molecule has 4 rings (SSSR count). The van der Waals surface area contributed by atoms with Crippen LogP contribution in [0.1, 0.15) is 28.7 Å². The predicted octanol–water partition coefficient (Wildman–Crippen LogP) is 1.34. The molecule has 4 heterocycles. The Morgan fingerprint density at radius 2 is 2.21 bits per heavy atom. The molecule has 0 saturated carbocycles. The van der Waals surface area contributed by atoms with Crippen molar-refractivity contribution in [3.63, 3.8) is 0 Å². The Hall–Kier alpha value is -2.70. The van der Waals surface area contributed by atoms with Gasteiger partial charge >= 0.3 is 0 Å². The van der Waals surface area contributed by atoms with E-state index in [9.17, 15) is 0 Å². The van der Waals surface area contributed by atoms with Crippen molar-refractivity contribution in [1.82, 2.24) is 29.7 Å². The van der Waals surface area contributed by atoms with E-state index in [-0.39, 0.29) is 6.04 Å². The number of imidazole rings is 2. The van der Waals surface area contributed by atoms with E-state index in [0.717, 1.165) is 22.6 Å². The number of nitrogens with one attached hydrogen (secondary N) is 2. The van der Waals surface area contributed by atoms with Crippen molar-refractivity contribution in [2.24, 2.45) is 4.99 Å². The molecule has 0 radical (unpaired) electrons. The number of H-pyrrole nitrogens is 2. The van der Waals surface area contributed by atoms with Gasteiger partial charge in [-0.3, -0.25) is 5.10 Å². The molecule has 1 unspecified atom stereocenters. The summed E-state index contributed by atoms with van der Waals surface area (Å²) in [5.41, 5.74) is 3.96. The minimum absolute atomic E-state index is 0.0451. The fourth-order valence-electron chi connectivity index (χ4n) is 2.47. The Bertz CT molecular complexity index is 747. The number of fused-ring (bicyclic) bond motifs is 2. The highest BCUT2D eigenvalue weighted by Gasteiger charge is 2.28. The van der Waals surface area contributed by atoms with Crippen LogP contribution in [0.15, 0.2) is 30.0 Å². The number of aliphatic imine (C=N–C) groups is 1. The molecule has 1 aliphatic heterocycles. The highest BCUT2D eigenvalue weighted by Crippen LogP contribution is 2.35. The van der Waals surface area contributed by atoms with Crippen LogP contribution in [-0.2, 0) is 0 Å². The second-order valence-electron chi connectivity index (χ2n) is 4.48. The van der Waals surface area contributed by atoms with Gasteiger partial charge in [-0.1, -0.05) is 0 Å². The van der Waals surface area contributed by atoms with Crippen molar-refractivity contribution in [1.29, 1.82) is 0 Å². The maximum absolute atomic E-state index is 4.42. The normalized spacial score (nSPS) is 17.0. The van der Waals surface area contributed by atoms with Crippen molar-refractivity contribution in [2.45, 2.75) is 13.0 Å². The van der Waals surface area contributed by atoms with E-state index in [1.165, 1.54) is 0 Å². The minimum Gasteiger partial charge on any atom is -0.346 e. The summed E-state index contributed by atoms with van der Waals surface area (Å²) in [6.45, 7) is 1.99. The molecule has 0 fully saturated rings. The molecule has 1 atom stereocenters. The van der Waals surface area contributed by atoms with Crippen molar-refractivity contribution in [3.8, 4) is 0 Å². The topological polar surface area (TPSA) is 87.5 Å². The van der Waals surface area contributed by atoms with Gasteiger partial charge in [0, 0.05) is 11.3 Å². The molecule has 0 bridgehead atoms. The van der Waals surface area contributed by atoms with E-state index >= 15 is 0 Å². The first-order valence-electron chi connectivity index (χ1n) is 5.93. The Morgan fingerprint density at radius 3 is 3.05 bits per heavy atom. The van der Waals surface area contributed by atoms with E-state index in [1.54, 1.807) is 25.1 Å². The molecule has 0 aromatic carbocycles. The fraction of sp³-hybridized carbons (Fsp3) is 0.167. The quantitative estimate of drug-likeness (QED) is 0.536. The lowest BCUT2D eigenvalue weighted by molar-refractivity contribution is 0.658. The second-order valence-corrected chi connectivity index (χ2v) is 4.48. The lowest BCUT2D eigenvalue weighted by Gasteiger charge is -2.17. The number of aromatic nitrogens is 6. The summed E-state index contributed by atoms with van der Waals surface area (Å²) >= 11 is 0. The molecular weight excluding hydrogens is 242 g/mol. The van der Waals surface area contributed by atoms with Crippen LogP contribution in [0.3, 0.4) is 0 Å². The molecule has 3 aromatic rings. The van der Waals surface area contributed by atoms with Crippen LogP contribution in [0.25, 0.3) is 0 Å². The highest BCUT2D eigenvalue weighted by molar-refractivity contribution is 5.81. The summed E-state index contributed by atoms with van der Waals surface area (Å²) in [4.78, 5) is 15.9. The van der Waals surface area contributed by atoms with Crippen LogP contribution < -0.4 is 0 Å². The molecule has 0 aliphatic carbocycles. The second kappa shape index (κ2) is 3.64. The fourth-order valence-corrected chi connectivity index (χ4v) is 2.47. The number of aryl methyl sites for hydroxylation is 1. The van der Waals surface area contributed by atoms with Crippen molar-refractivity contribution < 1.29 is 0 Å². The Labute approximate surface area is 108 Å². The average Bonchev–Trinajstić information content (AvgIpc) is 3.12.